The number of hydrogen-bond donors (Lipinski definition) is 1. The zero-order chi connectivity index (χ0) is 23.3. The fraction of sp³-hybridized carbons (Fsp3) is 0.458. The fourth-order valence-electron chi connectivity index (χ4n) is 3.98. The Morgan fingerprint density at radius 2 is 1.84 bits per heavy atom. The summed E-state index contributed by atoms with van der Waals surface area (Å²) in [4.78, 5) is 15.0. The number of carbonyl (C=O) groups excluding carboxylic acids is 1. The van der Waals surface area contributed by atoms with Crippen LogP contribution in [-0.2, 0) is 14.8 Å². The summed E-state index contributed by atoms with van der Waals surface area (Å²) in [5, 5.41) is 2.90. The van der Waals surface area contributed by atoms with E-state index in [9.17, 15) is 13.2 Å². The highest BCUT2D eigenvalue weighted by Gasteiger charge is 2.24. The predicted octanol–water partition coefficient (Wildman–Crippen LogP) is 3.43. The number of rotatable bonds is 8. The molecule has 8 heteroatoms. The van der Waals surface area contributed by atoms with Crippen molar-refractivity contribution in [3.8, 4) is 5.75 Å². The zero-order valence-corrected chi connectivity index (χ0v) is 20.1. The molecule has 0 aromatic heterocycles. The van der Waals surface area contributed by atoms with E-state index in [0.29, 0.717) is 11.7 Å². The summed E-state index contributed by atoms with van der Waals surface area (Å²) in [7, 11) is -0.853. The Balaban J connectivity index is 1.57. The second kappa shape index (κ2) is 10.4. The number of hydrogen-bond acceptors (Lipinski definition) is 5. The monoisotopic (exact) mass is 459 g/mol. The van der Waals surface area contributed by atoms with E-state index in [-0.39, 0.29) is 23.4 Å². The number of nitrogens with zero attached hydrogens (tertiary/aromatic N) is 2. The van der Waals surface area contributed by atoms with Crippen molar-refractivity contribution in [1.82, 2.24) is 9.62 Å². The highest BCUT2D eigenvalue weighted by Crippen LogP contribution is 2.25. The molecule has 7 nitrogen and oxygen atoms in total. The number of amides is 1. The van der Waals surface area contributed by atoms with Crippen LogP contribution in [0, 0.1) is 5.92 Å². The molecule has 2 atom stereocenters. The SMILES string of the molecule is COc1ccc(S(=O)(=O)N(C)CC(=O)NC(C)c2ccc(N3CCCC(C)C3)cc2)cc1. The van der Waals surface area contributed by atoms with Crippen molar-refractivity contribution in [2.75, 3.05) is 38.7 Å². The first-order valence-corrected chi connectivity index (χ1v) is 12.4. The summed E-state index contributed by atoms with van der Waals surface area (Å²) >= 11 is 0. The van der Waals surface area contributed by atoms with Crippen LogP contribution in [0.5, 0.6) is 5.75 Å². The van der Waals surface area contributed by atoms with E-state index in [1.54, 1.807) is 12.1 Å². The number of sulfonamides is 1. The highest BCUT2D eigenvalue weighted by molar-refractivity contribution is 7.89. The summed E-state index contributed by atoms with van der Waals surface area (Å²) in [5.74, 6) is 0.915. The largest absolute Gasteiger partial charge is 0.497 e. The summed E-state index contributed by atoms with van der Waals surface area (Å²) in [6, 6.07) is 14.1. The molecular weight excluding hydrogens is 426 g/mol. The number of nitrogens with one attached hydrogen (secondary N) is 1. The van der Waals surface area contributed by atoms with Gasteiger partial charge in [0.1, 0.15) is 5.75 Å². The van der Waals surface area contributed by atoms with Crippen LogP contribution in [0.1, 0.15) is 38.3 Å². The first-order valence-electron chi connectivity index (χ1n) is 11.0. The van der Waals surface area contributed by atoms with E-state index < -0.39 is 10.0 Å². The first kappa shape index (κ1) is 24.1. The predicted molar refractivity (Wildman–Crippen MR) is 126 cm³/mol. The van der Waals surface area contributed by atoms with Gasteiger partial charge >= 0.3 is 0 Å². The van der Waals surface area contributed by atoms with Gasteiger partial charge in [-0.25, -0.2) is 8.42 Å². The molecular formula is C24H33N3O4S. The van der Waals surface area contributed by atoms with Crippen LogP contribution in [0.15, 0.2) is 53.4 Å². The van der Waals surface area contributed by atoms with Gasteiger partial charge in [-0.2, -0.15) is 4.31 Å². The Morgan fingerprint density at radius 3 is 2.44 bits per heavy atom. The minimum atomic E-state index is -3.77. The summed E-state index contributed by atoms with van der Waals surface area (Å²) < 4.78 is 31.6. The number of likely N-dealkylation sites (N-methyl/N-ethyl adjacent to an activating group) is 1. The third-order valence-electron chi connectivity index (χ3n) is 5.93. The van der Waals surface area contributed by atoms with Crippen LogP contribution in [0.25, 0.3) is 0 Å². The van der Waals surface area contributed by atoms with E-state index in [4.69, 9.17) is 4.74 Å². The lowest BCUT2D eigenvalue weighted by atomic mass is 9.99. The lowest BCUT2D eigenvalue weighted by Crippen LogP contribution is -2.39. The maximum absolute atomic E-state index is 12.7. The highest BCUT2D eigenvalue weighted by atomic mass is 32.2. The average Bonchev–Trinajstić information content (AvgIpc) is 2.79. The minimum Gasteiger partial charge on any atom is -0.497 e. The maximum Gasteiger partial charge on any atom is 0.243 e. The molecule has 0 radical (unpaired) electrons. The number of carbonyl (C=O) groups is 1. The van der Waals surface area contributed by atoms with E-state index in [0.717, 1.165) is 23.0 Å². The molecule has 1 fully saturated rings. The molecule has 1 aliphatic rings. The molecule has 2 aromatic carbocycles. The molecule has 3 rings (SSSR count). The Bertz CT molecular complexity index is 1010. The van der Waals surface area contributed by atoms with Crippen LogP contribution in [-0.4, -0.2) is 52.4 Å². The van der Waals surface area contributed by atoms with Gasteiger partial charge in [0.15, 0.2) is 0 Å². The molecule has 32 heavy (non-hydrogen) atoms. The van der Waals surface area contributed by atoms with Gasteiger partial charge in [0.2, 0.25) is 15.9 Å². The maximum atomic E-state index is 12.7. The number of piperidine rings is 1. The normalized spacial score (nSPS) is 17.8. The molecule has 0 saturated carbocycles. The Kier molecular flexibility index (Phi) is 7.79. The topological polar surface area (TPSA) is 79.0 Å². The first-order chi connectivity index (χ1) is 15.2. The molecule has 2 unspecified atom stereocenters. The second-order valence-corrected chi connectivity index (χ2v) is 10.6. The third-order valence-corrected chi connectivity index (χ3v) is 7.74. The van der Waals surface area contributed by atoms with Crippen molar-refractivity contribution in [2.45, 2.75) is 37.6 Å². The van der Waals surface area contributed by atoms with Gasteiger partial charge in [-0.3, -0.25) is 4.79 Å². The quantitative estimate of drug-likeness (QED) is 0.654. The van der Waals surface area contributed by atoms with Crippen molar-refractivity contribution < 1.29 is 17.9 Å². The van der Waals surface area contributed by atoms with Crippen LogP contribution in [0.2, 0.25) is 0 Å². The minimum absolute atomic E-state index is 0.115. The average molecular weight is 460 g/mol. The van der Waals surface area contributed by atoms with Crippen LogP contribution < -0.4 is 15.0 Å². The van der Waals surface area contributed by atoms with Crippen molar-refractivity contribution >= 4 is 21.6 Å². The van der Waals surface area contributed by atoms with Crippen molar-refractivity contribution in [3.63, 3.8) is 0 Å². The van der Waals surface area contributed by atoms with E-state index in [2.05, 4.69) is 29.3 Å². The van der Waals surface area contributed by atoms with Gasteiger partial charge < -0.3 is 15.0 Å². The van der Waals surface area contributed by atoms with Crippen LogP contribution in [0.4, 0.5) is 5.69 Å². The smallest absolute Gasteiger partial charge is 0.243 e. The van der Waals surface area contributed by atoms with E-state index >= 15 is 0 Å². The third kappa shape index (κ3) is 5.81. The van der Waals surface area contributed by atoms with Crippen LogP contribution >= 0.6 is 0 Å². The summed E-state index contributed by atoms with van der Waals surface area (Å²) in [5.41, 5.74) is 2.18. The van der Waals surface area contributed by atoms with Gasteiger partial charge in [0.05, 0.1) is 24.6 Å². The molecule has 0 aliphatic carbocycles. The standard InChI is InChI=1S/C24H33N3O4S/c1-18-6-5-15-27(16-18)21-9-7-20(8-10-21)19(2)25-24(28)17-26(3)32(29,30)23-13-11-22(31-4)12-14-23/h7-14,18-19H,5-6,15-17H2,1-4H3,(H,25,28). The molecule has 1 heterocycles. The van der Waals surface area contributed by atoms with E-state index in [1.807, 2.05) is 19.1 Å². The zero-order valence-electron chi connectivity index (χ0n) is 19.2. The molecule has 1 amide bonds. The lowest BCUT2D eigenvalue weighted by Gasteiger charge is -2.33. The molecule has 2 aromatic rings. The van der Waals surface area contributed by atoms with Crippen molar-refractivity contribution in [3.05, 3.63) is 54.1 Å². The number of anilines is 1. The number of methoxy groups -OCH3 is 1. The Hall–Kier alpha value is -2.58. The van der Waals surface area contributed by atoms with Gasteiger partial charge in [-0.05, 0) is 67.6 Å². The summed E-state index contributed by atoms with van der Waals surface area (Å²) in [6.45, 7) is 6.06. The Labute approximate surface area is 191 Å². The summed E-state index contributed by atoms with van der Waals surface area (Å²) in [6.07, 6.45) is 2.49. The lowest BCUT2D eigenvalue weighted by molar-refractivity contribution is -0.121. The van der Waals surface area contributed by atoms with Crippen LogP contribution in [0.3, 0.4) is 0 Å². The Morgan fingerprint density at radius 1 is 1.19 bits per heavy atom. The molecule has 174 valence electrons. The van der Waals surface area contributed by atoms with Crippen molar-refractivity contribution in [1.29, 1.82) is 0 Å². The fourth-order valence-corrected chi connectivity index (χ4v) is 5.11. The number of benzene rings is 2. The van der Waals surface area contributed by atoms with Gasteiger partial charge in [-0.15, -0.1) is 0 Å². The molecule has 1 saturated heterocycles. The molecule has 1 N–H and O–H groups in total. The molecule has 1 aliphatic heterocycles. The van der Waals surface area contributed by atoms with Gasteiger partial charge in [0, 0.05) is 25.8 Å². The second-order valence-electron chi connectivity index (χ2n) is 8.51. The molecule has 0 spiro atoms. The van der Waals surface area contributed by atoms with Crippen molar-refractivity contribution in [2.24, 2.45) is 5.92 Å². The molecule has 0 bridgehead atoms. The number of ether oxygens (including phenoxy) is 1. The van der Waals surface area contributed by atoms with Gasteiger partial charge in [0.25, 0.3) is 0 Å². The van der Waals surface area contributed by atoms with E-state index in [1.165, 1.54) is 44.8 Å². The van der Waals surface area contributed by atoms with Gasteiger partial charge in [-0.1, -0.05) is 19.1 Å².